The molecule has 0 aliphatic carbocycles. The summed E-state index contributed by atoms with van der Waals surface area (Å²) in [4.78, 5) is 2.31. The number of benzene rings is 2. The molecule has 1 atom stereocenters. The second kappa shape index (κ2) is 6.22. The second-order valence-electron chi connectivity index (χ2n) is 5.58. The monoisotopic (exact) mass is 368 g/mol. The molecule has 3 aromatic rings. The van der Waals surface area contributed by atoms with Crippen LogP contribution in [0.2, 0.25) is 0 Å². The third-order valence-electron chi connectivity index (χ3n) is 4.09. The normalized spacial score (nSPS) is 17.6. The summed E-state index contributed by atoms with van der Waals surface area (Å²) in [5.74, 6) is 0. The first-order valence-electron chi connectivity index (χ1n) is 7.68. The molecule has 1 aliphatic heterocycles. The largest absolute Gasteiger partial charge is 0.352 e. The predicted molar refractivity (Wildman–Crippen MR) is 96.0 cm³/mol. The van der Waals surface area contributed by atoms with Gasteiger partial charge in [-0.1, -0.05) is 40.2 Å². The lowest BCUT2D eigenvalue weighted by Gasteiger charge is -2.24. The van der Waals surface area contributed by atoms with Gasteiger partial charge in [-0.3, -0.25) is 0 Å². The van der Waals surface area contributed by atoms with E-state index in [0.717, 1.165) is 23.3 Å². The topological polar surface area (TPSA) is 17.4 Å². The number of nitrogens with zero attached hydrogens (tertiary/aromatic N) is 2. The summed E-state index contributed by atoms with van der Waals surface area (Å²) in [6.45, 7) is 1.67. The minimum absolute atomic E-state index is 0.0224. The van der Waals surface area contributed by atoms with Crippen LogP contribution in [0.4, 0.5) is 5.69 Å². The molecule has 0 spiro atoms. The van der Waals surface area contributed by atoms with Crippen LogP contribution < -0.4 is 4.90 Å². The van der Waals surface area contributed by atoms with Gasteiger partial charge in [0.15, 0.2) is 6.23 Å². The Morgan fingerprint density at radius 1 is 0.957 bits per heavy atom. The summed E-state index contributed by atoms with van der Waals surface area (Å²) in [6, 6.07) is 20.8. The van der Waals surface area contributed by atoms with Gasteiger partial charge in [0.05, 0.1) is 6.61 Å². The number of halogens is 1. The Labute approximate surface area is 144 Å². The maximum atomic E-state index is 5.98. The molecule has 1 aromatic heterocycles. The van der Waals surface area contributed by atoms with Crippen LogP contribution in [0.15, 0.2) is 77.5 Å². The lowest BCUT2D eigenvalue weighted by molar-refractivity contribution is 0.114. The summed E-state index contributed by atoms with van der Waals surface area (Å²) in [5.41, 5.74) is 3.51. The molecule has 2 heterocycles. The molecule has 1 aliphatic rings. The van der Waals surface area contributed by atoms with Crippen molar-refractivity contribution < 1.29 is 4.74 Å². The fourth-order valence-electron chi connectivity index (χ4n) is 2.99. The number of hydrogen-bond acceptors (Lipinski definition) is 2. The highest BCUT2D eigenvalue weighted by atomic mass is 79.9. The van der Waals surface area contributed by atoms with E-state index < -0.39 is 0 Å². The first-order valence-corrected chi connectivity index (χ1v) is 8.48. The maximum Gasteiger partial charge on any atom is 0.158 e. The van der Waals surface area contributed by atoms with Gasteiger partial charge in [0.25, 0.3) is 0 Å². The van der Waals surface area contributed by atoms with Gasteiger partial charge in [0.1, 0.15) is 0 Å². The fraction of sp³-hybridized carbons (Fsp3) is 0.158. The highest BCUT2D eigenvalue weighted by Crippen LogP contribution is 2.32. The quantitative estimate of drug-likeness (QED) is 0.661. The third-order valence-corrected chi connectivity index (χ3v) is 4.58. The molecule has 4 heteroatoms. The minimum Gasteiger partial charge on any atom is -0.352 e. The number of ether oxygens (including phenoxy) is 1. The summed E-state index contributed by atoms with van der Waals surface area (Å²) < 4.78 is 9.19. The molecule has 116 valence electrons. The highest BCUT2D eigenvalue weighted by Gasteiger charge is 2.27. The molecule has 4 rings (SSSR count). The van der Waals surface area contributed by atoms with Gasteiger partial charge < -0.3 is 14.2 Å². The second-order valence-corrected chi connectivity index (χ2v) is 6.50. The Balaban J connectivity index is 1.63. The Morgan fingerprint density at radius 2 is 1.78 bits per heavy atom. The van der Waals surface area contributed by atoms with Crippen molar-refractivity contribution in [2.45, 2.75) is 6.23 Å². The number of rotatable bonds is 3. The summed E-state index contributed by atoms with van der Waals surface area (Å²) in [6.07, 6.45) is 4.21. The fourth-order valence-corrected chi connectivity index (χ4v) is 3.37. The van der Waals surface area contributed by atoms with Crippen molar-refractivity contribution in [1.82, 2.24) is 4.57 Å². The lowest BCUT2D eigenvalue weighted by atomic mass is 10.2. The molecule has 0 bridgehead atoms. The molecule has 0 amide bonds. The number of aromatic nitrogens is 1. The van der Waals surface area contributed by atoms with E-state index in [1.165, 1.54) is 11.3 Å². The van der Waals surface area contributed by atoms with Crippen LogP contribution in [0.1, 0.15) is 11.8 Å². The summed E-state index contributed by atoms with van der Waals surface area (Å²) in [7, 11) is 0. The highest BCUT2D eigenvalue weighted by molar-refractivity contribution is 9.10. The molecular formula is C19H17BrN2O. The average molecular weight is 369 g/mol. The van der Waals surface area contributed by atoms with Crippen molar-refractivity contribution in [2.24, 2.45) is 0 Å². The molecule has 3 nitrogen and oxygen atoms in total. The SMILES string of the molecule is Brc1cccc(-n2ccc([C@H]3OCCN3c3ccccc3)c2)c1. The van der Waals surface area contributed by atoms with E-state index in [-0.39, 0.29) is 6.23 Å². The van der Waals surface area contributed by atoms with Crippen molar-refractivity contribution in [3.8, 4) is 5.69 Å². The van der Waals surface area contributed by atoms with Gasteiger partial charge in [-0.25, -0.2) is 0 Å². The lowest BCUT2D eigenvalue weighted by Crippen LogP contribution is -2.22. The van der Waals surface area contributed by atoms with Crippen molar-refractivity contribution in [3.63, 3.8) is 0 Å². The van der Waals surface area contributed by atoms with Gasteiger partial charge >= 0.3 is 0 Å². The Morgan fingerprint density at radius 3 is 2.61 bits per heavy atom. The van der Waals surface area contributed by atoms with Gasteiger partial charge in [-0.15, -0.1) is 0 Å². The van der Waals surface area contributed by atoms with Crippen molar-refractivity contribution in [2.75, 3.05) is 18.1 Å². The smallest absolute Gasteiger partial charge is 0.158 e. The van der Waals surface area contributed by atoms with Gasteiger partial charge in [0, 0.05) is 40.3 Å². The molecule has 0 radical (unpaired) electrons. The molecule has 2 aromatic carbocycles. The molecule has 0 saturated carbocycles. The predicted octanol–water partition coefficient (Wildman–Crippen LogP) is 4.78. The molecule has 0 unspecified atom stereocenters. The number of para-hydroxylation sites is 1. The van der Waals surface area contributed by atoms with Crippen LogP contribution in [0.3, 0.4) is 0 Å². The zero-order valence-electron chi connectivity index (χ0n) is 12.6. The first-order chi connectivity index (χ1) is 11.3. The zero-order chi connectivity index (χ0) is 15.6. The molecule has 1 fully saturated rings. The van der Waals surface area contributed by atoms with E-state index >= 15 is 0 Å². The van der Waals surface area contributed by atoms with Crippen LogP contribution in [-0.2, 0) is 4.74 Å². The van der Waals surface area contributed by atoms with Gasteiger partial charge in [-0.2, -0.15) is 0 Å². The van der Waals surface area contributed by atoms with Crippen molar-refractivity contribution in [1.29, 1.82) is 0 Å². The molecular weight excluding hydrogens is 352 g/mol. The summed E-state index contributed by atoms with van der Waals surface area (Å²) >= 11 is 3.53. The van der Waals surface area contributed by atoms with E-state index in [1.807, 2.05) is 18.2 Å². The van der Waals surface area contributed by atoms with Crippen LogP contribution in [0.5, 0.6) is 0 Å². The van der Waals surface area contributed by atoms with Crippen LogP contribution >= 0.6 is 15.9 Å². The average Bonchev–Trinajstić information content (AvgIpc) is 3.25. The zero-order valence-corrected chi connectivity index (χ0v) is 14.2. The first kappa shape index (κ1) is 14.5. The third kappa shape index (κ3) is 2.92. The van der Waals surface area contributed by atoms with E-state index in [0.29, 0.717) is 0 Å². The Bertz CT molecular complexity index is 800. The van der Waals surface area contributed by atoms with Gasteiger partial charge in [0.2, 0.25) is 0 Å². The van der Waals surface area contributed by atoms with Crippen molar-refractivity contribution in [3.05, 3.63) is 83.1 Å². The van der Waals surface area contributed by atoms with Crippen LogP contribution in [-0.4, -0.2) is 17.7 Å². The number of hydrogen-bond donors (Lipinski definition) is 0. The number of anilines is 1. The minimum atomic E-state index is -0.0224. The molecule has 1 saturated heterocycles. The standard InChI is InChI=1S/C19H17BrN2O/c20-16-5-4-8-18(13-16)21-10-9-15(14-21)19-22(11-12-23-19)17-6-2-1-3-7-17/h1-10,13-14,19H,11-12H2/t19-/m1/s1. The molecule has 0 N–H and O–H groups in total. The van der Waals surface area contributed by atoms with Crippen molar-refractivity contribution >= 4 is 21.6 Å². The van der Waals surface area contributed by atoms with Crippen LogP contribution in [0, 0.1) is 0 Å². The Kier molecular flexibility index (Phi) is 3.93. The Hall–Kier alpha value is -2.04. The van der Waals surface area contributed by atoms with Crippen LogP contribution in [0.25, 0.3) is 5.69 Å². The van der Waals surface area contributed by atoms with E-state index in [1.54, 1.807) is 0 Å². The summed E-state index contributed by atoms with van der Waals surface area (Å²) in [5, 5.41) is 0. The maximum absolute atomic E-state index is 5.98. The molecule has 23 heavy (non-hydrogen) atoms. The van der Waals surface area contributed by atoms with E-state index in [4.69, 9.17) is 4.74 Å². The van der Waals surface area contributed by atoms with Gasteiger partial charge in [-0.05, 0) is 36.4 Å². The van der Waals surface area contributed by atoms with E-state index in [9.17, 15) is 0 Å². The van der Waals surface area contributed by atoms with E-state index in [2.05, 4.69) is 80.3 Å².